The van der Waals surface area contributed by atoms with Crippen molar-refractivity contribution in [2.24, 2.45) is 5.92 Å². The Labute approximate surface area is 174 Å². The van der Waals surface area contributed by atoms with Crippen molar-refractivity contribution in [2.75, 3.05) is 39.3 Å². The molecular weight excluding hydrogens is 386 g/mol. The number of nitrogens with zero attached hydrogens (tertiary/aromatic N) is 3. The number of piperazine rings is 1. The number of carbonyl (C=O) groups excluding carboxylic acids is 3. The minimum atomic E-state index is -0.0289. The Morgan fingerprint density at radius 3 is 1.97 bits per heavy atom. The van der Waals surface area contributed by atoms with Gasteiger partial charge >= 0.3 is 0 Å². The molecule has 3 amide bonds. The van der Waals surface area contributed by atoms with Crippen molar-refractivity contribution in [1.29, 1.82) is 0 Å². The predicted molar refractivity (Wildman–Crippen MR) is 112 cm³/mol. The highest BCUT2D eigenvalue weighted by Gasteiger charge is 2.32. The number of hydrogen-bond donors (Lipinski definition) is 0. The molecule has 0 N–H and O–H groups in total. The highest BCUT2D eigenvalue weighted by Crippen LogP contribution is 2.23. The summed E-state index contributed by atoms with van der Waals surface area (Å²) >= 11 is 1.46. The first-order valence-corrected chi connectivity index (χ1v) is 11.0. The average Bonchev–Trinajstić information content (AvgIpc) is 3.33. The highest BCUT2D eigenvalue weighted by atomic mass is 32.1. The molecule has 2 aliphatic rings. The van der Waals surface area contributed by atoms with Crippen molar-refractivity contribution < 1.29 is 14.4 Å². The number of likely N-dealkylation sites (tertiary alicyclic amines) is 1. The van der Waals surface area contributed by atoms with Gasteiger partial charge in [-0.2, -0.15) is 0 Å². The molecule has 29 heavy (non-hydrogen) atoms. The van der Waals surface area contributed by atoms with Crippen molar-refractivity contribution in [3.05, 3.63) is 58.3 Å². The Morgan fingerprint density at radius 1 is 0.724 bits per heavy atom. The van der Waals surface area contributed by atoms with E-state index in [2.05, 4.69) is 0 Å². The van der Waals surface area contributed by atoms with Crippen molar-refractivity contribution in [1.82, 2.24) is 14.7 Å². The molecule has 152 valence electrons. The Bertz CT molecular complexity index is 853. The van der Waals surface area contributed by atoms with Crippen LogP contribution in [-0.4, -0.2) is 71.7 Å². The maximum atomic E-state index is 12.9. The molecule has 0 spiro atoms. The van der Waals surface area contributed by atoms with Crippen LogP contribution in [0.15, 0.2) is 47.8 Å². The maximum Gasteiger partial charge on any atom is 0.263 e. The lowest BCUT2D eigenvalue weighted by atomic mass is 9.94. The largest absolute Gasteiger partial charge is 0.339 e. The Balaban J connectivity index is 1.26. The van der Waals surface area contributed by atoms with Gasteiger partial charge in [-0.15, -0.1) is 11.3 Å². The summed E-state index contributed by atoms with van der Waals surface area (Å²) in [5.41, 5.74) is 0.690. The molecule has 3 heterocycles. The second-order valence-corrected chi connectivity index (χ2v) is 8.47. The molecule has 1 aromatic carbocycles. The number of thiophene rings is 1. The van der Waals surface area contributed by atoms with E-state index in [1.807, 2.05) is 62.5 Å². The van der Waals surface area contributed by atoms with Gasteiger partial charge < -0.3 is 14.7 Å². The van der Waals surface area contributed by atoms with Crippen molar-refractivity contribution in [3.63, 3.8) is 0 Å². The highest BCUT2D eigenvalue weighted by molar-refractivity contribution is 7.12. The summed E-state index contributed by atoms with van der Waals surface area (Å²) in [5, 5.41) is 1.91. The van der Waals surface area contributed by atoms with Gasteiger partial charge in [0.05, 0.1) is 4.88 Å². The molecule has 2 fully saturated rings. The minimum absolute atomic E-state index is 0.0260. The fourth-order valence-corrected chi connectivity index (χ4v) is 4.73. The number of benzene rings is 1. The zero-order valence-electron chi connectivity index (χ0n) is 16.3. The van der Waals surface area contributed by atoms with E-state index in [0.717, 1.165) is 4.88 Å². The molecule has 0 aliphatic carbocycles. The minimum Gasteiger partial charge on any atom is -0.339 e. The summed E-state index contributed by atoms with van der Waals surface area (Å²) in [6.07, 6.45) is 1.41. The second-order valence-electron chi connectivity index (χ2n) is 7.53. The number of carbonyl (C=O) groups is 3. The van der Waals surface area contributed by atoms with Gasteiger partial charge in [-0.05, 0) is 36.4 Å². The number of piperidine rings is 1. The molecule has 2 aromatic rings. The lowest BCUT2D eigenvalue weighted by Gasteiger charge is -2.38. The fourth-order valence-electron chi connectivity index (χ4n) is 4.04. The van der Waals surface area contributed by atoms with Gasteiger partial charge in [0.2, 0.25) is 5.91 Å². The fraction of sp³-hybridized carbons (Fsp3) is 0.409. The quantitative estimate of drug-likeness (QED) is 0.780. The monoisotopic (exact) mass is 411 g/mol. The first-order chi connectivity index (χ1) is 14.1. The molecule has 0 bridgehead atoms. The van der Waals surface area contributed by atoms with Gasteiger partial charge in [0.15, 0.2) is 0 Å². The Kier molecular flexibility index (Phi) is 5.94. The topological polar surface area (TPSA) is 60.9 Å². The van der Waals surface area contributed by atoms with E-state index in [9.17, 15) is 14.4 Å². The van der Waals surface area contributed by atoms with E-state index in [4.69, 9.17) is 0 Å². The van der Waals surface area contributed by atoms with Crippen LogP contribution >= 0.6 is 11.3 Å². The summed E-state index contributed by atoms with van der Waals surface area (Å²) in [7, 11) is 0. The van der Waals surface area contributed by atoms with Crippen molar-refractivity contribution in [2.45, 2.75) is 12.8 Å². The van der Waals surface area contributed by atoms with Crippen LogP contribution in [0, 0.1) is 5.92 Å². The zero-order valence-corrected chi connectivity index (χ0v) is 17.1. The van der Waals surface area contributed by atoms with Crippen LogP contribution in [0.2, 0.25) is 0 Å². The molecule has 0 radical (unpaired) electrons. The first kappa shape index (κ1) is 19.6. The Morgan fingerprint density at radius 2 is 1.34 bits per heavy atom. The summed E-state index contributed by atoms with van der Waals surface area (Å²) in [6.45, 7) is 3.53. The maximum absolute atomic E-state index is 12.9. The molecule has 2 saturated heterocycles. The predicted octanol–water partition coefficient (Wildman–Crippen LogP) is 2.58. The smallest absolute Gasteiger partial charge is 0.263 e. The molecule has 0 atom stereocenters. The SMILES string of the molecule is O=C(c1ccccc1)N1CCN(C(=O)C2CCN(C(=O)c3cccs3)CC2)CC1. The van der Waals surface area contributed by atoms with Gasteiger partial charge in [-0.3, -0.25) is 14.4 Å². The van der Waals surface area contributed by atoms with Gasteiger partial charge in [0, 0.05) is 50.7 Å². The third kappa shape index (κ3) is 4.34. The molecule has 4 rings (SSSR count). The van der Waals surface area contributed by atoms with E-state index in [-0.39, 0.29) is 23.6 Å². The lowest BCUT2D eigenvalue weighted by Crippen LogP contribution is -2.53. The normalized spacial score (nSPS) is 18.0. The third-order valence-electron chi connectivity index (χ3n) is 5.76. The standard InChI is InChI=1S/C22H25N3O3S/c26-20(17-5-2-1-3-6-17)24-12-14-25(15-13-24)21(27)18-8-10-23(11-9-18)22(28)19-7-4-16-29-19/h1-7,16,18H,8-15H2. The lowest BCUT2D eigenvalue weighted by molar-refractivity contribution is -0.138. The molecule has 7 heteroatoms. The molecule has 2 aliphatic heterocycles. The molecule has 6 nitrogen and oxygen atoms in total. The van der Waals surface area contributed by atoms with Crippen LogP contribution in [0.25, 0.3) is 0 Å². The van der Waals surface area contributed by atoms with Crippen molar-refractivity contribution in [3.8, 4) is 0 Å². The summed E-state index contributed by atoms with van der Waals surface area (Å²) in [6, 6.07) is 13.0. The molecule has 1 aromatic heterocycles. The van der Waals surface area contributed by atoms with Crippen LogP contribution in [0.5, 0.6) is 0 Å². The van der Waals surface area contributed by atoms with Gasteiger partial charge in [0.25, 0.3) is 11.8 Å². The summed E-state index contributed by atoms with van der Waals surface area (Å²) in [4.78, 5) is 44.3. The average molecular weight is 412 g/mol. The number of hydrogen-bond acceptors (Lipinski definition) is 4. The van der Waals surface area contributed by atoms with Crippen LogP contribution in [0.4, 0.5) is 0 Å². The van der Waals surface area contributed by atoms with E-state index in [1.165, 1.54) is 11.3 Å². The number of amides is 3. The van der Waals surface area contributed by atoms with Crippen LogP contribution in [0.3, 0.4) is 0 Å². The van der Waals surface area contributed by atoms with Gasteiger partial charge in [-0.25, -0.2) is 0 Å². The molecule has 0 unspecified atom stereocenters. The van der Waals surface area contributed by atoms with E-state index >= 15 is 0 Å². The van der Waals surface area contributed by atoms with Crippen LogP contribution in [0.1, 0.15) is 32.9 Å². The molecular formula is C22H25N3O3S. The molecule has 0 saturated carbocycles. The summed E-state index contributed by atoms with van der Waals surface area (Å²) < 4.78 is 0. The third-order valence-corrected chi connectivity index (χ3v) is 6.62. The van der Waals surface area contributed by atoms with E-state index < -0.39 is 0 Å². The number of rotatable bonds is 3. The first-order valence-electron chi connectivity index (χ1n) is 10.1. The van der Waals surface area contributed by atoms with Crippen LogP contribution in [-0.2, 0) is 4.79 Å². The Hall–Kier alpha value is -2.67. The second kappa shape index (κ2) is 8.78. The van der Waals surface area contributed by atoms with Crippen molar-refractivity contribution >= 4 is 29.1 Å². The van der Waals surface area contributed by atoms with E-state index in [1.54, 1.807) is 0 Å². The summed E-state index contributed by atoms with van der Waals surface area (Å²) in [5.74, 6) is 0.232. The van der Waals surface area contributed by atoms with E-state index in [0.29, 0.717) is 57.7 Å². The van der Waals surface area contributed by atoms with Gasteiger partial charge in [0.1, 0.15) is 0 Å². The van der Waals surface area contributed by atoms with Gasteiger partial charge in [-0.1, -0.05) is 24.3 Å². The van der Waals surface area contributed by atoms with Crippen LogP contribution < -0.4 is 0 Å². The zero-order chi connectivity index (χ0) is 20.2.